The number of unbranched alkanes of at least 4 members (excludes halogenated alkanes) is 2. The number of rotatable bonds is 8. The van der Waals surface area contributed by atoms with Gasteiger partial charge in [-0.15, -0.1) is 0 Å². The normalized spacial score (nSPS) is 10.8. The predicted octanol–water partition coefficient (Wildman–Crippen LogP) is 5.36. The van der Waals surface area contributed by atoms with Gasteiger partial charge in [0.15, 0.2) is 0 Å². The van der Waals surface area contributed by atoms with Gasteiger partial charge < -0.3 is 0 Å². The zero-order chi connectivity index (χ0) is 12.5. The second kappa shape index (κ2) is 8.41. The summed E-state index contributed by atoms with van der Waals surface area (Å²) in [5.74, 6) is 1.40. The van der Waals surface area contributed by atoms with Crippen molar-refractivity contribution in [2.24, 2.45) is 0 Å². The Morgan fingerprint density at radius 2 is 1.53 bits per heavy atom. The highest BCUT2D eigenvalue weighted by Gasteiger charge is 2.16. The first-order chi connectivity index (χ1) is 8.29. The van der Waals surface area contributed by atoms with Crippen LogP contribution in [0.3, 0.4) is 0 Å². The maximum Gasteiger partial charge on any atom is 0.0408 e. The topological polar surface area (TPSA) is 0 Å². The molecule has 0 unspecified atom stereocenters. The first-order valence-corrected chi connectivity index (χ1v) is 7.14. The molecule has 0 amide bonds. The summed E-state index contributed by atoms with van der Waals surface area (Å²) in [7, 11) is 0. The summed E-state index contributed by atoms with van der Waals surface area (Å²) >= 11 is 5.60. The van der Waals surface area contributed by atoms with Gasteiger partial charge in [-0.1, -0.05) is 75.7 Å². The zero-order valence-electron chi connectivity index (χ0n) is 11.0. The lowest BCUT2D eigenvalue weighted by atomic mass is 9.88. The van der Waals surface area contributed by atoms with Crippen LogP contribution in [0.15, 0.2) is 30.3 Å². The van der Waals surface area contributed by atoms with Crippen LogP contribution in [0.25, 0.3) is 0 Å². The van der Waals surface area contributed by atoms with Gasteiger partial charge in [-0.05, 0) is 24.8 Å². The summed E-state index contributed by atoms with van der Waals surface area (Å²) in [6, 6.07) is 10.6. The fraction of sp³-hybridized carbons (Fsp3) is 0.500. The van der Waals surface area contributed by atoms with Crippen molar-refractivity contribution in [3.05, 3.63) is 41.8 Å². The molecule has 0 aromatic heterocycles. The standard InChI is InChI=1S/C16H23S/c1-3-5-12-15(16(17)13-6-4-2)14-10-8-7-9-11-14/h7-11H,3-6,12-13H2,1-2H3. The van der Waals surface area contributed by atoms with E-state index in [1.165, 1.54) is 42.0 Å². The Labute approximate surface area is 111 Å². The molecular formula is C16H23S. The predicted molar refractivity (Wildman–Crippen MR) is 80.4 cm³/mol. The molecule has 1 radical (unpaired) electrons. The highest BCUT2D eigenvalue weighted by atomic mass is 32.1. The van der Waals surface area contributed by atoms with Gasteiger partial charge >= 0.3 is 0 Å². The Kier molecular flexibility index (Phi) is 7.11. The van der Waals surface area contributed by atoms with E-state index in [1.54, 1.807) is 0 Å². The van der Waals surface area contributed by atoms with E-state index in [2.05, 4.69) is 44.2 Å². The molecule has 0 atom stereocenters. The quantitative estimate of drug-likeness (QED) is 0.557. The molecule has 0 fully saturated rings. The summed E-state index contributed by atoms with van der Waals surface area (Å²) in [6.07, 6.45) is 7.09. The molecule has 0 heterocycles. The smallest absolute Gasteiger partial charge is 0.0408 e. The Bertz CT molecular complexity index is 316. The van der Waals surface area contributed by atoms with Crippen LogP contribution in [-0.2, 0) is 0 Å². The second-order valence-corrected chi connectivity index (χ2v) is 4.97. The second-order valence-electron chi connectivity index (χ2n) is 4.47. The Hall–Kier alpha value is -0.690. The molecule has 0 aliphatic heterocycles. The molecular weight excluding hydrogens is 224 g/mol. The van der Waals surface area contributed by atoms with Crippen molar-refractivity contribution in [1.29, 1.82) is 0 Å². The van der Waals surface area contributed by atoms with Crippen LogP contribution in [0.4, 0.5) is 0 Å². The average molecular weight is 247 g/mol. The molecule has 0 nitrogen and oxygen atoms in total. The van der Waals surface area contributed by atoms with Gasteiger partial charge in [0.2, 0.25) is 0 Å². The minimum atomic E-state index is 1.07. The first-order valence-electron chi connectivity index (χ1n) is 6.74. The summed E-state index contributed by atoms with van der Waals surface area (Å²) in [4.78, 5) is 1.17. The molecule has 0 saturated carbocycles. The Balaban J connectivity index is 2.69. The third kappa shape index (κ3) is 4.99. The Morgan fingerprint density at radius 3 is 2.12 bits per heavy atom. The SMILES string of the molecule is CCCC[C](C(=S)CCCC)c1ccccc1. The number of hydrogen-bond acceptors (Lipinski definition) is 1. The van der Waals surface area contributed by atoms with E-state index < -0.39 is 0 Å². The monoisotopic (exact) mass is 247 g/mol. The van der Waals surface area contributed by atoms with E-state index in [-0.39, 0.29) is 0 Å². The van der Waals surface area contributed by atoms with Crippen LogP contribution < -0.4 is 0 Å². The van der Waals surface area contributed by atoms with Crippen molar-refractivity contribution >= 4 is 17.1 Å². The minimum Gasteiger partial charge on any atom is -0.0887 e. The average Bonchev–Trinajstić information content (AvgIpc) is 2.38. The maximum atomic E-state index is 5.60. The Morgan fingerprint density at radius 1 is 0.941 bits per heavy atom. The molecule has 93 valence electrons. The van der Waals surface area contributed by atoms with Crippen molar-refractivity contribution in [3.8, 4) is 0 Å². The van der Waals surface area contributed by atoms with Gasteiger partial charge in [0, 0.05) is 10.8 Å². The van der Waals surface area contributed by atoms with E-state index in [1.807, 2.05) is 0 Å². The van der Waals surface area contributed by atoms with Crippen molar-refractivity contribution in [2.45, 2.75) is 52.4 Å². The van der Waals surface area contributed by atoms with Gasteiger partial charge in [0.1, 0.15) is 0 Å². The molecule has 0 bridgehead atoms. The zero-order valence-corrected chi connectivity index (χ0v) is 11.9. The van der Waals surface area contributed by atoms with Crippen molar-refractivity contribution in [1.82, 2.24) is 0 Å². The molecule has 1 rings (SSSR count). The number of thiocarbonyl (C=S) groups is 1. The molecule has 0 saturated heterocycles. The number of benzene rings is 1. The summed E-state index contributed by atoms with van der Waals surface area (Å²) in [6.45, 7) is 4.45. The van der Waals surface area contributed by atoms with Crippen LogP contribution in [0.1, 0.15) is 57.9 Å². The van der Waals surface area contributed by atoms with Crippen molar-refractivity contribution in [2.75, 3.05) is 0 Å². The third-order valence-electron chi connectivity index (χ3n) is 3.00. The summed E-state index contributed by atoms with van der Waals surface area (Å²) < 4.78 is 0. The first kappa shape index (κ1) is 14.4. The highest BCUT2D eigenvalue weighted by molar-refractivity contribution is 7.80. The van der Waals surface area contributed by atoms with Gasteiger partial charge in [-0.3, -0.25) is 0 Å². The van der Waals surface area contributed by atoms with E-state index >= 15 is 0 Å². The van der Waals surface area contributed by atoms with Crippen LogP contribution in [-0.4, -0.2) is 4.86 Å². The lowest BCUT2D eigenvalue weighted by Gasteiger charge is -2.17. The van der Waals surface area contributed by atoms with Crippen LogP contribution in [0.2, 0.25) is 0 Å². The van der Waals surface area contributed by atoms with Crippen LogP contribution >= 0.6 is 12.2 Å². The molecule has 0 aliphatic rings. The third-order valence-corrected chi connectivity index (χ3v) is 3.45. The molecule has 1 aromatic carbocycles. The number of hydrogen-bond donors (Lipinski definition) is 0. The lowest BCUT2D eigenvalue weighted by Crippen LogP contribution is -2.11. The lowest BCUT2D eigenvalue weighted by molar-refractivity contribution is 0.761. The molecule has 0 spiro atoms. The van der Waals surface area contributed by atoms with Crippen molar-refractivity contribution < 1.29 is 0 Å². The van der Waals surface area contributed by atoms with Gasteiger partial charge in [-0.2, -0.15) is 0 Å². The fourth-order valence-electron chi connectivity index (χ4n) is 1.93. The van der Waals surface area contributed by atoms with E-state index in [0.717, 1.165) is 12.8 Å². The van der Waals surface area contributed by atoms with Crippen molar-refractivity contribution in [3.63, 3.8) is 0 Å². The minimum absolute atomic E-state index is 1.07. The molecule has 0 N–H and O–H groups in total. The molecule has 1 aromatic rings. The maximum absolute atomic E-state index is 5.60. The highest BCUT2D eigenvalue weighted by Crippen LogP contribution is 2.25. The van der Waals surface area contributed by atoms with E-state index in [4.69, 9.17) is 12.2 Å². The largest absolute Gasteiger partial charge is 0.0887 e. The van der Waals surface area contributed by atoms with Crippen LogP contribution in [0, 0.1) is 5.92 Å². The summed E-state index contributed by atoms with van der Waals surface area (Å²) in [5.41, 5.74) is 1.32. The molecule has 17 heavy (non-hydrogen) atoms. The fourth-order valence-corrected chi connectivity index (χ4v) is 2.29. The van der Waals surface area contributed by atoms with Gasteiger partial charge in [-0.25, -0.2) is 0 Å². The van der Waals surface area contributed by atoms with Crippen LogP contribution in [0.5, 0.6) is 0 Å². The summed E-state index contributed by atoms with van der Waals surface area (Å²) in [5, 5.41) is 0. The van der Waals surface area contributed by atoms with E-state index in [9.17, 15) is 0 Å². The van der Waals surface area contributed by atoms with E-state index in [0.29, 0.717) is 0 Å². The van der Waals surface area contributed by atoms with Gasteiger partial charge in [0.25, 0.3) is 0 Å². The molecule has 1 heteroatoms. The molecule has 0 aliphatic carbocycles. The van der Waals surface area contributed by atoms with Gasteiger partial charge in [0.05, 0.1) is 0 Å².